The largest absolute Gasteiger partial charge is 0.469 e. The van der Waals surface area contributed by atoms with Crippen LogP contribution in [-0.4, -0.2) is 12.5 Å². The number of carbonyl (C=O) groups excluding carboxylic acids is 1. The first kappa shape index (κ1) is 14.8. The number of anilines is 1. The Morgan fingerprint density at radius 2 is 2.24 bits per heavy atom. The summed E-state index contributed by atoms with van der Waals surface area (Å²) < 4.78 is 19.0. The van der Waals surface area contributed by atoms with E-state index in [1.807, 2.05) is 6.92 Å². The van der Waals surface area contributed by atoms with Crippen LogP contribution in [0.5, 0.6) is 0 Å². The first-order valence-electron chi connectivity index (χ1n) is 6.52. The third-order valence-electron chi connectivity index (χ3n) is 2.86. The van der Waals surface area contributed by atoms with Crippen molar-refractivity contribution in [2.75, 3.05) is 11.9 Å². The number of hydrogen-bond donors (Lipinski definition) is 2. The molecule has 2 aromatic rings. The lowest BCUT2D eigenvalue weighted by Gasteiger charge is -2.05. The Morgan fingerprint density at radius 1 is 1.43 bits per heavy atom. The highest BCUT2D eigenvalue weighted by Crippen LogP contribution is 2.17. The number of carbonyl (C=O) groups is 1. The van der Waals surface area contributed by atoms with E-state index in [-0.39, 0.29) is 18.0 Å². The van der Waals surface area contributed by atoms with E-state index in [0.717, 1.165) is 0 Å². The molecule has 0 spiro atoms. The van der Waals surface area contributed by atoms with Gasteiger partial charge in [0.1, 0.15) is 11.6 Å². The minimum absolute atomic E-state index is 0.165. The third-order valence-corrected chi connectivity index (χ3v) is 2.86. The molecular formula is C16H15FN2O2. The fourth-order valence-electron chi connectivity index (χ4n) is 1.86. The van der Waals surface area contributed by atoms with Gasteiger partial charge >= 0.3 is 0 Å². The number of furan rings is 1. The molecule has 0 unspecified atom stereocenters. The summed E-state index contributed by atoms with van der Waals surface area (Å²) in [6, 6.07) is 5.91. The summed E-state index contributed by atoms with van der Waals surface area (Å²) in [5.74, 6) is 4.96. The van der Waals surface area contributed by atoms with Crippen LogP contribution in [0.4, 0.5) is 10.1 Å². The molecule has 0 aliphatic heterocycles. The van der Waals surface area contributed by atoms with E-state index in [1.54, 1.807) is 12.1 Å². The number of rotatable bonds is 3. The summed E-state index contributed by atoms with van der Waals surface area (Å²) in [5.41, 5.74) is 6.30. The summed E-state index contributed by atoms with van der Waals surface area (Å²) in [4.78, 5) is 12.1. The first-order valence-corrected chi connectivity index (χ1v) is 6.52. The molecule has 0 radical (unpaired) electrons. The highest BCUT2D eigenvalue weighted by molar-refractivity contribution is 6.04. The summed E-state index contributed by atoms with van der Waals surface area (Å²) in [7, 11) is 0. The SMILES string of the molecule is CCc1occc1C(=O)Nc1ccc(C#CCN)c(F)c1. The van der Waals surface area contributed by atoms with Crippen molar-refractivity contribution in [3.05, 3.63) is 53.2 Å². The van der Waals surface area contributed by atoms with Gasteiger partial charge in [0, 0.05) is 12.1 Å². The molecule has 2 rings (SSSR count). The second-order valence-electron chi connectivity index (χ2n) is 4.27. The molecule has 0 bridgehead atoms. The lowest BCUT2D eigenvalue weighted by Crippen LogP contribution is -2.13. The highest BCUT2D eigenvalue weighted by Gasteiger charge is 2.14. The number of nitrogens with two attached hydrogens (primary N) is 1. The van der Waals surface area contributed by atoms with Gasteiger partial charge in [0.2, 0.25) is 0 Å². The molecule has 1 heterocycles. The van der Waals surface area contributed by atoms with Crippen LogP contribution in [0.3, 0.4) is 0 Å². The number of hydrogen-bond acceptors (Lipinski definition) is 3. The van der Waals surface area contributed by atoms with Gasteiger partial charge in [-0.05, 0) is 24.3 Å². The van der Waals surface area contributed by atoms with Gasteiger partial charge in [0.05, 0.1) is 23.9 Å². The molecule has 0 aliphatic carbocycles. The molecule has 21 heavy (non-hydrogen) atoms. The zero-order valence-corrected chi connectivity index (χ0v) is 11.6. The maximum atomic E-state index is 13.8. The Bertz CT molecular complexity index is 711. The predicted molar refractivity (Wildman–Crippen MR) is 78.4 cm³/mol. The van der Waals surface area contributed by atoms with Crippen LogP contribution >= 0.6 is 0 Å². The molecule has 1 aromatic carbocycles. The molecule has 0 atom stereocenters. The zero-order valence-electron chi connectivity index (χ0n) is 11.6. The number of nitrogens with one attached hydrogen (secondary N) is 1. The van der Waals surface area contributed by atoms with Crippen molar-refractivity contribution < 1.29 is 13.6 Å². The molecule has 0 saturated heterocycles. The summed E-state index contributed by atoms with van der Waals surface area (Å²) in [6.45, 7) is 2.05. The van der Waals surface area contributed by atoms with Gasteiger partial charge in [-0.1, -0.05) is 18.8 Å². The lowest BCUT2D eigenvalue weighted by molar-refractivity contribution is 0.102. The average Bonchev–Trinajstić information content (AvgIpc) is 2.95. The van der Waals surface area contributed by atoms with Crippen LogP contribution < -0.4 is 11.1 Å². The third kappa shape index (κ3) is 3.50. The van der Waals surface area contributed by atoms with Gasteiger partial charge in [0.25, 0.3) is 5.91 Å². The van der Waals surface area contributed by atoms with Crippen LogP contribution in [0, 0.1) is 17.7 Å². The summed E-state index contributed by atoms with van der Waals surface area (Å²) >= 11 is 0. The van der Waals surface area contributed by atoms with E-state index in [9.17, 15) is 9.18 Å². The van der Waals surface area contributed by atoms with Gasteiger partial charge in [0.15, 0.2) is 0 Å². The standard InChI is InChI=1S/C16H15FN2O2/c1-2-15-13(7-9-21-15)16(20)19-12-6-5-11(4-3-8-18)14(17)10-12/h5-7,9-10H,2,8,18H2,1H3,(H,19,20). The second-order valence-corrected chi connectivity index (χ2v) is 4.27. The molecule has 4 nitrogen and oxygen atoms in total. The van der Waals surface area contributed by atoms with Crippen LogP contribution in [0.25, 0.3) is 0 Å². The van der Waals surface area contributed by atoms with Crippen molar-refractivity contribution in [2.24, 2.45) is 5.73 Å². The maximum absolute atomic E-state index is 13.8. The topological polar surface area (TPSA) is 68.3 Å². The zero-order chi connectivity index (χ0) is 15.2. The Kier molecular flexibility index (Phi) is 4.75. The van der Waals surface area contributed by atoms with Crippen molar-refractivity contribution in [1.82, 2.24) is 0 Å². The lowest BCUT2D eigenvalue weighted by atomic mass is 10.1. The maximum Gasteiger partial charge on any atom is 0.259 e. The monoisotopic (exact) mass is 286 g/mol. The number of halogens is 1. The Morgan fingerprint density at radius 3 is 2.90 bits per heavy atom. The Balaban J connectivity index is 2.17. The van der Waals surface area contributed by atoms with Crippen LogP contribution in [0.2, 0.25) is 0 Å². The highest BCUT2D eigenvalue weighted by atomic mass is 19.1. The molecule has 0 fully saturated rings. The van der Waals surface area contributed by atoms with Gasteiger partial charge < -0.3 is 15.5 Å². The fourth-order valence-corrected chi connectivity index (χ4v) is 1.86. The summed E-state index contributed by atoms with van der Waals surface area (Å²) in [5, 5.41) is 2.63. The van der Waals surface area contributed by atoms with Crippen molar-refractivity contribution in [3.8, 4) is 11.8 Å². The van der Waals surface area contributed by atoms with Crippen molar-refractivity contribution in [1.29, 1.82) is 0 Å². The minimum atomic E-state index is -0.503. The molecule has 108 valence electrons. The molecule has 1 amide bonds. The predicted octanol–water partition coefficient (Wildman–Crippen LogP) is 2.54. The van der Waals surface area contributed by atoms with Gasteiger partial charge in [-0.15, -0.1) is 0 Å². The van der Waals surface area contributed by atoms with E-state index >= 15 is 0 Å². The second kappa shape index (κ2) is 6.73. The Labute approximate surface area is 122 Å². The normalized spacial score (nSPS) is 9.86. The average molecular weight is 286 g/mol. The van der Waals surface area contributed by atoms with Crippen LogP contribution in [0.1, 0.15) is 28.6 Å². The summed E-state index contributed by atoms with van der Waals surface area (Å²) in [6.07, 6.45) is 2.07. The minimum Gasteiger partial charge on any atom is -0.469 e. The number of benzene rings is 1. The smallest absolute Gasteiger partial charge is 0.259 e. The van der Waals surface area contributed by atoms with E-state index in [0.29, 0.717) is 23.4 Å². The van der Waals surface area contributed by atoms with E-state index in [2.05, 4.69) is 17.2 Å². The van der Waals surface area contributed by atoms with Crippen LogP contribution in [0.15, 0.2) is 34.9 Å². The number of amides is 1. The molecule has 0 saturated carbocycles. The van der Waals surface area contributed by atoms with Crippen molar-refractivity contribution >= 4 is 11.6 Å². The number of aryl methyl sites for hydroxylation is 1. The quantitative estimate of drug-likeness (QED) is 0.852. The van der Waals surface area contributed by atoms with Gasteiger partial charge in [-0.3, -0.25) is 4.79 Å². The van der Waals surface area contributed by atoms with Crippen molar-refractivity contribution in [3.63, 3.8) is 0 Å². The van der Waals surface area contributed by atoms with Crippen LogP contribution in [-0.2, 0) is 6.42 Å². The van der Waals surface area contributed by atoms with Gasteiger partial charge in [-0.25, -0.2) is 4.39 Å². The molecule has 1 aromatic heterocycles. The fraction of sp³-hybridized carbons (Fsp3) is 0.188. The molecule has 5 heteroatoms. The van der Waals surface area contributed by atoms with Crippen molar-refractivity contribution in [2.45, 2.75) is 13.3 Å². The first-order chi connectivity index (χ1) is 10.2. The molecule has 0 aliphatic rings. The van der Waals surface area contributed by atoms with E-state index < -0.39 is 5.82 Å². The molecular weight excluding hydrogens is 271 g/mol. The van der Waals surface area contributed by atoms with E-state index in [4.69, 9.17) is 10.2 Å². The van der Waals surface area contributed by atoms with E-state index in [1.165, 1.54) is 18.4 Å². The Hall–Kier alpha value is -2.58. The van der Waals surface area contributed by atoms with Gasteiger partial charge in [-0.2, -0.15) is 0 Å². The molecule has 3 N–H and O–H groups in total.